The number of fused-ring (bicyclic) bond motifs is 1. The van der Waals surface area contributed by atoms with Gasteiger partial charge < -0.3 is 29.8 Å². The lowest BCUT2D eigenvalue weighted by Gasteiger charge is -2.26. The summed E-state index contributed by atoms with van der Waals surface area (Å²) in [6, 6.07) is 8.46. The monoisotopic (exact) mass is 549 g/mol. The SMILES string of the molecule is CC(=O)C[C@@H](C=O)CC(=O)CN1C(=O)[C@@H](NC(=O)c2cc(C)c(O)c(C)c2)CN(C(=O)C(C)C)c2ccccc21. The van der Waals surface area contributed by atoms with Crippen molar-refractivity contribution in [1.82, 2.24) is 5.32 Å². The molecule has 0 unspecified atom stereocenters. The molecule has 0 fully saturated rings. The number of Topliss-reactive ketones (excluding diaryl/α,β-unsaturated/α-hetero) is 2. The highest BCUT2D eigenvalue weighted by molar-refractivity contribution is 6.11. The van der Waals surface area contributed by atoms with Gasteiger partial charge in [0.05, 0.1) is 24.5 Å². The first-order valence-electron chi connectivity index (χ1n) is 13.1. The second-order valence-electron chi connectivity index (χ2n) is 10.5. The van der Waals surface area contributed by atoms with Gasteiger partial charge in [0, 0.05) is 30.2 Å². The average Bonchev–Trinajstić information content (AvgIpc) is 3.00. The van der Waals surface area contributed by atoms with Crippen molar-refractivity contribution in [2.24, 2.45) is 11.8 Å². The fourth-order valence-electron chi connectivity index (χ4n) is 4.78. The van der Waals surface area contributed by atoms with Gasteiger partial charge in [-0.15, -0.1) is 0 Å². The number of carbonyl (C=O) groups is 6. The molecule has 3 amide bonds. The van der Waals surface area contributed by atoms with Crippen LogP contribution in [0.4, 0.5) is 11.4 Å². The Morgan fingerprint density at radius 1 is 1.05 bits per heavy atom. The number of aryl methyl sites for hydroxylation is 2. The number of hydrogen-bond acceptors (Lipinski definition) is 7. The normalized spacial score (nSPS) is 15.8. The maximum Gasteiger partial charge on any atom is 0.252 e. The molecule has 0 aliphatic carbocycles. The van der Waals surface area contributed by atoms with Crippen LogP contribution in [0.1, 0.15) is 55.1 Å². The van der Waals surface area contributed by atoms with Crippen molar-refractivity contribution < 1.29 is 33.9 Å². The molecule has 10 heteroatoms. The topological polar surface area (TPSA) is 141 Å². The smallest absolute Gasteiger partial charge is 0.252 e. The van der Waals surface area contributed by atoms with Crippen molar-refractivity contribution in [3.05, 3.63) is 53.1 Å². The van der Waals surface area contributed by atoms with E-state index in [1.807, 2.05) is 0 Å². The van der Waals surface area contributed by atoms with Gasteiger partial charge in [-0.3, -0.25) is 19.2 Å². The van der Waals surface area contributed by atoms with Crippen LogP contribution in [0.5, 0.6) is 5.75 Å². The van der Waals surface area contributed by atoms with Gasteiger partial charge in [-0.25, -0.2) is 0 Å². The van der Waals surface area contributed by atoms with E-state index in [1.165, 1.54) is 28.9 Å². The van der Waals surface area contributed by atoms with E-state index in [0.29, 0.717) is 28.8 Å². The number of amides is 3. The van der Waals surface area contributed by atoms with Crippen LogP contribution in [-0.4, -0.2) is 59.8 Å². The van der Waals surface area contributed by atoms with E-state index < -0.39 is 42.0 Å². The minimum Gasteiger partial charge on any atom is -0.507 e. The Bertz CT molecular complexity index is 1330. The summed E-state index contributed by atoms with van der Waals surface area (Å²) in [5, 5.41) is 12.8. The van der Waals surface area contributed by atoms with Gasteiger partial charge in [0.25, 0.3) is 11.8 Å². The summed E-state index contributed by atoms with van der Waals surface area (Å²) in [4.78, 5) is 79.2. The van der Waals surface area contributed by atoms with Crippen LogP contribution in [0.15, 0.2) is 36.4 Å². The van der Waals surface area contributed by atoms with E-state index in [9.17, 15) is 33.9 Å². The standard InChI is InChI=1S/C30H35N3O7/c1-17(2)29(39)33-15-24(31-28(38)22-10-18(3)27(37)19(4)11-22)30(40)32(25-8-6-7-9-26(25)33)14-23(36)13-21(16-34)12-20(5)35/h6-11,16-17,21,24,37H,12-15H2,1-5H3,(H,31,38)/t21-,24+/m1/s1. The Balaban J connectivity index is 2.01. The van der Waals surface area contributed by atoms with Crippen LogP contribution in [0, 0.1) is 25.7 Å². The number of rotatable bonds is 10. The zero-order chi connectivity index (χ0) is 29.7. The van der Waals surface area contributed by atoms with Gasteiger partial charge in [-0.2, -0.15) is 0 Å². The van der Waals surface area contributed by atoms with Crippen LogP contribution >= 0.6 is 0 Å². The molecule has 0 spiro atoms. The number of para-hydroxylation sites is 2. The lowest BCUT2D eigenvalue weighted by Crippen LogP contribution is -2.54. The number of aldehydes is 1. The molecule has 1 heterocycles. The van der Waals surface area contributed by atoms with Gasteiger partial charge >= 0.3 is 0 Å². The summed E-state index contributed by atoms with van der Waals surface area (Å²) in [6.45, 7) is 7.52. The molecule has 2 aromatic rings. The Kier molecular flexibility index (Phi) is 9.57. The highest BCUT2D eigenvalue weighted by Crippen LogP contribution is 2.34. The predicted molar refractivity (Wildman–Crippen MR) is 149 cm³/mol. The number of nitrogens with one attached hydrogen (secondary N) is 1. The second-order valence-corrected chi connectivity index (χ2v) is 10.5. The lowest BCUT2D eigenvalue weighted by molar-refractivity contribution is -0.126. The van der Waals surface area contributed by atoms with Crippen molar-refractivity contribution in [3.8, 4) is 5.75 Å². The quantitative estimate of drug-likeness (QED) is 0.434. The van der Waals surface area contributed by atoms with Crippen LogP contribution in [0.2, 0.25) is 0 Å². The zero-order valence-electron chi connectivity index (χ0n) is 23.4. The first kappa shape index (κ1) is 30.2. The van der Waals surface area contributed by atoms with Gasteiger partial charge in [-0.1, -0.05) is 26.0 Å². The Morgan fingerprint density at radius 3 is 2.20 bits per heavy atom. The molecule has 2 aromatic carbocycles. The molecule has 0 saturated carbocycles. The largest absolute Gasteiger partial charge is 0.507 e. The van der Waals surface area contributed by atoms with Gasteiger partial charge in [0.1, 0.15) is 23.9 Å². The van der Waals surface area contributed by atoms with Crippen LogP contribution in [0.25, 0.3) is 0 Å². The van der Waals surface area contributed by atoms with E-state index in [-0.39, 0.29) is 42.4 Å². The van der Waals surface area contributed by atoms with Gasteiger partial charge in [0.2, 0.25) is 5.91 Å². The minimum atomic E-state index is -1.20. The van der Waals surface area contributed by atoms with E-state index in [4.69, 9.17) is 0 Å². The molecule has 0 bridgehead atoms. The molecule has 10 nitrogen and oxygen atoms in total. The molecular weight excluding hydrogens is 514 g/mol. The van der Waals surface area contributed by atoms with Crippen LogP contribution < -0.4 is 15.1 Å². The molecule has 2 N–H and O–H groups in total. The number of anilines is 2. The second kappa shape index (κ2) is 12.7. The van der Waals surface area contributed by atoms with Crippen LogP contribution in [-0.2, 0) is 24.0 Å². The number of aromatic hydroxyl groups is 1. The molecule has 0 aromatic heterocycles. The molecule has 212 valence electrons. The highest BCUT2D eigenvalue weighted by Gasteiger charge is 2.38. The first-order chi connectivity index (χ1) is 18.8. The van der Waals surface area contributed by atoms with Gasteiger partial charge in [-0.05, 0) is 56.2 Å². The van der Waals surface area contributed by atoms with E-state index in [2.05, 4.69) is 5.32 Å². The predicted octanol–water partition coefficient (Wildman–Crippen LogP) is 2.90. The van der Waals surface area contributed by atoms with Crippen molar-refractivity contribution >= 4 is 46.9 Å². The Morgan fingerprint density at radius 2 is 1.65 bits per heavy atom. The average molecular weight is 550 g/mol. The molecule has 1 aliphatic rings. The Labute approximate surface area is 233 Å². The summed E-state index contributed by atoms with van der Waals surface area (Å²) in [7, 11) is 0. The number of ketones is 2. The third-order valence-electron chi connectivity index (χ3n) is 6.78. The van der Waals surface area contributed by atoms with Crippen molar-refractivity contribution in [1.29, 1.82) is 0 Å². The molecule has 0 radical (unpaired) electrons. The summed E-state index contributed by atoms with van der Waals surface area (Å²) < 4.78 is 0. The molecular formula is C30H35N3O7. The zero-order valence-corrected chi connectivity index (χ0v) is 23.4. The van der Waals surface area contributed by atoms with Crippen molar-refractivity contribution in [3.63, 3.8) is 0 Å². The number of phenols is 1. The number of carbonyl (C=O) groups excluding carboxylic acids is 6. The molecule has 2 atom stereocenters. The number of phenolic OH excluding ortho intramolecular Hbond substituents is 1. The van der Waals surface area contributed by atoms with Gasteiger partial charge in [0.15, 0.2) is 5.78 Å². The summed E-state index contributed by atoms with van der Waals surface area (Å²) in [5.74, 6) is -3.30. The van der Waals surface area contributed by atoms with E-state index in [0.717, 1.165) is 0 Å². The fourth-order valence-corrected chi connectivity index (χ4v) is 4.78. The van der Waals surface area contributed by atoms with Crippen LogP contribution in [0.3, 0.4) is 0 Å². The first-order valence-corrected chi connectivity index (χ1v) is 13.1. The molecule has 1 aliphatic heterocycles. The van der Waals surface area contributed by atoms with Crippen molar-refractivity contribution in [2.75, 3.05) is 22.9 Å². The third-order valence-corrected chi connectivity index (χ3v) is 6.78. The van der Waals surface area contributed by atoms with E-state index >= 15 is 0 Å². The van der Waals surface area contributed by atoms with E-state index in [1.54, 1.807) is 52.0 Å². The number of benzene rings is 2. The fraction of sp³-hybridized carbons (Fsp3) is 0.400. The number of hydrogen-bond donors (Lipinski definition) is 2. The summed E-state index contributed by atoms with van der Waals surface area (Å²) in [5.41, 5.74) is 1.93. The molecule has 40 heavy (non-hydrogen) atoms. The minimum absolute atomic E-state index is 0.0642. The third kappa shape index (κ3) is 6.80. The van der Waals surface area contributed by atoms with Crippen molar-refractivity contribution in [2.45, 2.75) is 53.5 Å². The molecule has 3 rings (SSSR count). The lowest BCUT2D eigenvalue weighted by atomic mass is 9.98. The molecule has 0 saturated heterocycles. The maximum absolute atomic E-state index is 13.9. The summed E-state index contributed by atoms with van der Waals surface area (Å²) in [6.07, 6.45) is 0.249. The summed E-state index contributed by atoms with van der Waals surface area (Å²) >= 11 is 0. The number of nitrogens with zero attached hydrogens (tertiary/aromatic N) is 2. The maximum atomic E-state index is 13.9. The Hall–Kier alpha value is -4.34. The highest BCUT2D eigenvalue weighted by atomic mass is 16.3.